The number of carboxylic acids is 1. The van der Waals surface area contributed by atoms with Gasteiger partial charge in [-0.1, -0.05) is 164 Å². The van der Waals surface area contributed by atoms with Crippen LogP contribution in [0.15, 0.2) is 97.1 Å². The summed E-state index contributed by atoms with van der Waals surface area (Å²) in [5.41, 5.74) is 8.62. The minimum atomic E-state index is -3.86. The van der Waals surface area contributed by atoms with E-state index in [0.29, 0.717) is 50.9 Å². The molecule has 6 aliphatic heterocycles. The molecule has 6 aliphatic carbocycles. The second-order valence-electron chi connectivity index (χ2n) is 34.2. The highest BCUT2D eigenvalue weighted by Gasteiger charge is 2.68. The van der Waals surface area contributed by atoms with E-state index < -0.39 is 130 Å². The SMILES string of the molecule is CO[C@@]12C[C@@H](C(=O)N[C@]3(C(=O)NS(=O)(=O)C4CC4)C[C@H]3C3CC3)N(C1)C(=O)[C@H](C(C)(C)C)NC(=O)OCCCCCCc1ccccc1-c1ccc2cc1.CO[C@@]12C[C@@H](C(=O)O)N(C1)C(=O)[C@H](C(C)(C)C)NC(=O)OCCCCCCc1ccccc1-c1ccc2cc1.N[C@]1(C(=O)NS(=O)(=O)C2CC2)C[C@H]1C1CC1. The number of carbonyl (C=O) groups is 8. The van der Waals surface area contributed by atoms with Crippen LogP contribution in [0.3, 0.4) is 0 Å². The third-order valence-corrected chi connectivity index (χ3v) is 27.6. The fraction of sp³-hybridized carbons (Fsp3) is 0.610. The number of nitrogens with one attached hydrogen (secondary N) is 5. The van der Waals surface area contributed by atoms with E-state index in [1.165, 1.54) is 26.5 Å². The molecule has 4 aromatic carbocycles. The van der Waals surface area contributed by atoms with Crippen LogP contribution in [0.25, 0.3) is 22.3 Å². The zero-order valence-electron chi connectivity index (χ0n) is 64.2. The molecular weight excluding hydrogens is 1430 g/mol. The van der Waals surface area contributed by atoms with Crippen LogP contribution in [0, 0.1) is 34.5 Å². The first-order valence-electron chi connectivity index (χ1n) is 39.1. The Labute approximate surface area is 640 Å². The maximum atomic E-state index is 14.8. The highest BCUT2D eigenvalue weighted by atomic mass is 32.2. The second-order valence-corrected chi connectivity index (χ2v) is 38.1. The molecule has 0 aromatic heterocycles. The molecular formula is C82H110N8O17S2. The molecule has 109 heavy (non-hydrogen) atoms. The Hall–Kier alpha value is -7.98. The Kier molecular flexibility index (Phi) is 23.7. The summed E-state index contributed by atoms with van der Waals surface area (Å²) in [7, 11) is -4.19. The number of sulfonamides is 2. The van der Waals surface area contributed by atoms with Gasteiger partial charge in [0.1, 0.15) is 40.9 Å². The number of benzene rings is 4. The van der Waals surface area contributed by atoms with E-state index in [4.69, 9.17) is 24.7 Å². The number of ether oxygens (including phenoxy) is 4. The predicted octanol–water partition coefficient (Wildman–Crippen LogP) is 9.81. The molecule has 8 fully saturated rings. The first-order chi connectivity index (χ1) is 51.7. The number of aryl methyl sites for hydroxylation is 2. The standard InChI is InChI=1S/C41H54N4O8S.C31H40N2O6.C10H16N2O3S/c1-39(2,3)34-36(47)45-25-40(52-4,24-33(45)35(46)43-41(23-32(41)28-14-15-28)37(48)44-54(50,51)30-20-21-30)29-18-16-27(17-19-29)31-13-9-8-12-26(31)11-7-5-6-10-22-53-38(49)42-34;1-30(2,3)26-27(34)33-20-31(38-4,19-25(33)28(35)36)23-16-14-22(15-17-23)24-13-9-8-12-21(24)11-7-5-6-10-18-39-29(37)32-26;11-10(5-8(10)6-1-2-6)9(13)12-16(14,15)7-3-4-7/h8-9,12-13,16-19,28,30,32-34H,5-7,10-11,14-15,20-25H2,1-4H3,(H,42,49)(H,43,46)(H,44,48);8-9,12-17,25-26H,5-7,10-11,18-20H2,1-4H3,(H,32,37)(H,35,36);6-8H,1-5,11H2,(H,12,13)/t32-,33-,34+,40-,41+;25-,26+,31-;8-,10+/m000/s1. The normalized spacial score (nSPS) is 29.1. The van der Waals surface area contributed by atoms with Gasteiger partial charge in [0.05, 0.1) is 42.3 Å². The molecule has 25 nitrogen and oxygen atoms in total. The van der Waals surface area contributed by atoms with E-state index in [-0.39, 0.29) is 62.1 Å². The Morgan fingerprint density at radius 2 is 0.927 bits per heavy atom. The zero-order valence-corrected chi connectivity index (χ0v) is 65.8. The Morgan fingerprint density at radius 1 is 0.523 bits per heavy atom. The number of amides is 7. The van der Waals surface area contributed by atoms with Gasteiger partial charge in [0, 0.05) is 27.1 Å². The summed E-state index contributed by atoms with van der Waals surface area (Å²) in [5, 5.41) is 17.7. The molecule has 16 rings (SSSR count). The summed E-state index contributed by atoms with van der Waals surface area (Å²) in [6.45, 7) is 11.5. The van der Waals surface area contributed by atoms with Gasteiger partial charge in [-0.3, -0.25) is 33.4 Å². The number of aliphatic carboxylic acids is 1. The lowest BCUT2D eigenvalue weighted by Gasteiger charge is -2.36. The van der Waals surface area contributed by atoms with Crippen molar-refractivity contribution in [3.63, 3.8) is 0 Å². The van der Waals surface area contributed by atoms with Crippen LogP contribution < -0.4 is 31.1 Å². The van der Waals surface area contributed by atoms with Gasteiger partial charge in [-0.2, -0.15) is 0 Å². The highest BCUT2D eigenvalue weighted by Crippen LogP contribution is 2.58. The van der Waals surface area contributed by atoms with Crippen molar-refractivity contribution >= 4 is 67.7 Å². The van der Waals surface area contributed by atoms with Gasteiger partial charge >= 0.3 is 18.2 Å². The van der Waals surface area contributed by atoms with Crippen molar-refractivity contribution in [1.29, 1.82) is 0 Å². The highest BCUT2D eigenvalue weighted by molar-refractivity contribution is 7.91. The lowest BCUT2D eigenvalue weighted by Crippen LogP contribution is -2.60. The van der Waals surface area contributed by atoms with Crippen LogP contribution in [0.5, 0.6) is 0 Å². The van der Waals surface area contributed by atoms with Crippen molar-refractivity contribution in [2.24, 2.45) is 40.2 Å². The summed E-state index contributed by atoms with van der Waals surface area (Å²) in [6, 6.07) is 28.6. The number of alkyl carbamates (subject to hydrolysis) is 2. The van der Waals surface area contributed by atoms with E-state index in [2.05, 4.69) is 55.7 Å². The minimum absolute atomic E-state index is 0.000963. The van der Waals surface area contributed by atoms with Crippen molar-refractivity contribution < 1.29 is 79.2 Å². The molecule has 8 bridgehead atoms. The van der Waals surface area contributed by atoms with E-state index >= 15 is 0 Å². The number of methoxy groups -OCH3 is 2. The van der Waals surface area contributed by atoms with Gasteiger partial charge in [-0.15, -0.1) is 0 Å². The number of fused-ring (bicyclic) bond motifs is 24. The summed E-state index contributed by atoms with van der Waals surface area (Å²) in [5.74, 6) is -3.05. The molecule has 2 saturated heterocycles. The largest absolute Gasteiger partial charge is 0.480 e. The van der Waals surface area contributed by atoms with Crippen LogP contribution in [-0.4, -0.2) is 166 Å². The molecule has 592 valence electrons. The topological polar surface area (TPSA) is 355 Å². The van der Waals surface area contributed by atoms with Gasteiger partial charge in [0.25, 0.3) is 11.8 Å². The van der Waals surface area contributed by atoms with Gasteiger partial charge in [-0.25, -0.2) is 31.2 Å². The Bertz CT molecular complexity index is 4300. The zero-order chi connectivity index (χ0) is 78.2. The molecule has 6 heterocycles. The Morgan fingerprint density at radius 3 is 1.34 bits per heavy atom. The van der Waals surface area contributed by atoms with Crippen molar-refractivity contribution in [2.75, 3.05) is 40.5 Å². The molecule has 7 amide bonds. The van der Waals surface area contributed by atoms with E-state index in [9.17, 15) is 60.3 Å². The van der Waals surface area contributed by atoms with Crippen LogP contribution in [0.1, 0.15) is 192 Å². The van der Waals surface area contributed by atoms with Gasteiger partial charge in [-0.05, 0) is 182 Å². The third-order valence-electron chi connectivity index (χ3n) is 24.0. The fourth-order valence-corrected chi connectivity index (χ4v) is 19.3. The van der Waals surface area contributed by atoms with Crippen LogP contribution in [0.2, 0.25) is 0 Å². The molecule has 12 aliphatic rings. The number of nitrogens with zero attached hydrogens (tertiary/aromatic N) is 2. The van der Waals surface area contributed by atoms with E-state index in [1.54, 1.807) is 14.2 Å². The summed E-state index contributed by atoms with van der Waals surface area (Å²) in [4.78, 5) is 110. The number of hydrogen-bond acceptors (Lipinski definition) is 17. The molecule has 10 atom stereocenters. The first-order valence-corrected chi connectivity index (χ1v) is 42.2. The van der Waals surface area contributed by atoms with Gasteiger partial charge in [0.15, 0.2) is 0 Å². The summed E-state index contributed by atoms with van der Waals surface area (Å²) >= 11 is 0. The average Bonchev–Trinajstić information content (AvgIpc) is 1.55. The second kappa shape index (κ2) is 32.0. The van der Waals surface area contributed by atoms with Crippen molar-refractivity contribution in [3.8, 4) is 22.3 Å². The maximum Gasteiger partial charge on any atom is 0.407 e. The van der Waals surface area contributed by atoms with Gasteiger partial charge in [0.2, 0.25) is 37.8 Å². The number of carbonyl (C=O) groups excluding carboxylic acids is 7. The molecule has 0 radical (unpaired) electrons. The Balaban J connectivity index is 0.000000174. The van der Waals surface area contributed by atoms with Crippen LogP contribution in [-0.2, 0) is 91.8 Å². The lowest BCUT2D eigenvalue weighted by molar-refractivity contribution is -0.150. The third kappa shape index (κ3) is 18.3. The predicted molar refractivity (Wildman–Crippen MR) is 408 cm³/mol. The van der Waals surface area contributed by atoms with E-state index in [1.807, 2.05) is 108 Å². The number of nitrogens with two attached hydrogens (primary N) is 1. The molecule has 4 aromatic rings. The average molecular weight is 1540 g/mol. The number of rotatable bonds is 13. The quantitative estimate of drug-likeness (QED) is 0.0654. The van der Waals surface area contributed by atoms with Gasteiger partial charge < -0.3 is 55.5 Å². The molecule has 0 unspecified atom stereocenters. The molecule has 8 N–H and O–H groups in total. The summed E-state index contributed by atoms with van der Waals surface area (Å²) < 4.78 is 76.5. The van der Waals surface area contributed by atoms with Crippen LogP contribution in [0.4, 0.5) is 9.59 Å². The smallest absolute Gasteiger partial charge is 0.407 e. The number of hydrogen-bond donors (Lipinski definition) is 7. The fourth-order valence-electron chi connectivity index (χ4n) is 16.5. The maximum absolute atomic E-state index is 14.8. The molecule has 27 heteroatoms. The number of carboxylic acid groups (broad SMARTS) is 1. The monoisotopic (exact) mass is 1540 g/mol. The van der Waals surface area contributed by atoms with Crippen molar-refractivity contribution in [3.05, 3.63) is 119 Å². The van der Waals surface area contributed by atoms with Crippen LogP contribution >= 0.6 is 0 Å². The van der Waals surface area contributed by atoms with Crippen molar-refractivity contribution in [1.82, 2.24) is 35.2 Å². The van der Waals surface area contributed by atoms with Crippen molar-refractivity contribution in [2.45, 2.75) is 240 Å². The lowest BCUT2D eigenvalue weighted by atomic mass is 9.85. The molecule has 0 spiro atoms. The van der Waals surface area contributed by atoms with E-state index in [0.717, 1.165) is 111 Å². The summed E-state index contributed by atoms with van der Waals surface area (Å²) in [6.07, 6.45) is 15.3. The minimum Gasteiger partial charge on any atom is -0.480 e. The molecule has 6 saturated carbocycles. The first kappa shape index (κ1) is 80.5.